The molecule has 1 fully saturated rings. The zero-order valence-electron chi connectivity index (χ0n) is 11.3. The van der Waals surface area contributed by atoms with Gasteiger partial charge in [-0.25, -0.2) is 0 Å². The number of rotatable bonds is 7. The molecule has 0 saturated carbocycles. The number of likely N-dealkylation sites (tertiary alicyclic amines) is 1. The van der Waals surface area contributed by atoms with Gasteiger partial charge in [0.05, 0.1) is 0 Å². The molecule has 0 aliphatic carbocycles. The standard InChI is InChI=1S/C13H27N3O/c1-13(6-9-16(2)10-7-13)11-15-8-4-3-5-12(14)17/h15H,3-11H2,1-2H3,(H2,14,17). The van der Waals surface area contributed by atoms with Gasteiger partial charge in [-0.05, 0) is 57.8 Å². The molecule has 0 aromatic heterocycles. The molecule has 1 heterocycles. The smallest absolute Gasteiger partial charge is 0.217 e. The lowest BCUT2D eigenvalue weighted by Gasteiger charge is -2.38. The number of hydrogen-bond donors (Lipinski definition) is 2. The third kappa shape index (κ3) is 6.03. The normalized spacial score (nSPS) is 20.4. The SMILES string of the molecule is CN1CCC(C)(CNCCCCC(N)=O)CC1. The van der Waals surface area contributed by atoms with Crippen LogP contribution in [0.25, 0.3) is 0 Å². The van der Waals surface area contributed by atoms with E-state index in [1.165, 1.54) is 25.9 Å². The fourth-order valence-electron chi connectivity index (χ4n) is 2.27. The Morgan fingerprint density at radius 1 is 1.35 bits per heavy atom. The molecule has 0 aromatic carbocycles. The van der Waals surface area contributed by atoms with Gasteiger partial charge in [0, 0.05) is 13.0 Å². The van der Waals surface area contributed by atoms with Crippen LogP contribution >= 0.6 is 0 Å². The number of nitrogens with zero attached hydrogens (tertiary/aromatic N) is 1. The molecule has 4 heteroatoms. The first kappa shape index (κ1) is 14.5. The average Bonchev–Trinajstić information content (AvgIpc) is 2.28. The lowest BCUT2D eigenvalue weighted by Crippen LogP contribution is -2.42. The van der Waals surface area contributed by atoms with Crippen molar-refractivity contribution in [3.63, 3.8) is 0 Å². The van der Waals surface area contributed by atoms with Crippen molar-refractivity contribution >= 4 is 5.91 Å². The predicted molar refractivity (Wildman–Crippen MR) is 70.8 cm³/mol. The van der Waals surface area contributed by atoms with E-state index in [0.717, 1.165) is 25.9 Å². The van der Waals surface area contributed by atoms with Crippen LogP contribution in [0.2, 0.25) is 0 Å². The molecular weight excluding hydrogens is 214 g/mol. The summed E-state index contributed by atoms with van der Waals surface area (Å²) < 4.78 is 0. The highest BCUT2D eigenvalue weighted by molar-refractivity contribution is 5.73. The van der Waals surface area contributed by atoms with Gasteiger partial charge in [-0.15, -0.1) is 0 Å². The maximum absolute atomic E-state index is 10.6. The van der Waals surface area contributed by atoms with E-state index in [0.29, 0.717) is 11.8 Å². The maximum Gasteiger partial charge on any atom is 0.217 e. The number of unbranched alkanes of at least 4 members (excludes halogenated alkanes) is 1. The summed E-state index contributed by atoms with van der Waals surface area (Å²) in [5, 5.41) is 3.51. The summed E-state index contributed by atoms with van der Waals surface area (Å²) in [4.78, 5) is 13.0. The molecule has 1 aliphatic rings. The lowest BCUT2D eigenvalue weighted by atomic mass is 9.80. The minimum Gasteiger partial charge on any atom is -0.370 e. The molecule has 4 nitrogen and oxygen atoms in total. The van der Waals surface area contributed by atoms with Gasteiger partial charge in [0.25, 0.3) is 0 Å². The van der Waals surface area contributed by atoms with E-state index in [9.17, 15) is 4.79 Å². The van der Waals surface area contributed by atoms with Crippen molar-refractivity contribution in [2.45, 2.75) is 39.0 Å². The number of nitrogens with one attached hydrogen (secondary N) is 1. The highest BCUT2D eigenvalue weighted by atomic mass is 16.1. The van der Waals surface area contributed by atoms with Gasteiger partial charge in [-0.2, -0.15) is 0 Å². The Morgan fingerprint density at radius 3 is 2.59 bits per heavy atom. The second kappa shape index (κ2) is 6.97. The van der Waals surface area contributed by atoms with Gasteiger partial charge < -0.3 is 16.0 Å². The topological polar surface area (TPSA) is 58.4 Å². The summed E-state index contributed by atoms with van der Waals surface area (Å²) in [7, 11) is 2.19. The molecule has 3 N–H and O–H groups in total. The van der Waals surface area contributed by atoms with Crippen LogP contribution in [-0.4, -0.2) is 44.0 Å². The fraction of sp³-hybridized carbons (Fsp3) is 0.923. The number of piperidine rings is 1. The van der Waals surface area contributed by atoms with Crippen LogP contribution in [0.4, 0.5) is 0 Å². The number of nitrogens with two attached hydrogens (primary N) is 1. The Hall–Kier alpha value is -0.610. The zero-order valence-corrected chi connectivity index (χ0v) is 11.3. The molecule has 17 heavy (non-hydrogen) atoms. The van der Waals surface area contributed by atoms with Crippen molar-refractivity contribution in [3.05, 3.63) is 0 Å². The van der Waals surface area contributed by atoms with E-state index in [1.807, 2.05) is 0 Å². The van der Waals surface area contributed by atoms with Crippen LogP contribution in [0.15, 0.2) is 0 Å². The van der Waals surface area contributed by atoms with E-state index in [4.69, 9.17) is 5.73 Å². The zero-order chi connectivity index (χ0) is 12.7. The number of primary amides is 1. The Labute approximate surface area is 105 Å². The molecule has 0 aromatic rings. The first-order valence-electron chi connectivity index (χ1n) is 6.69. The highest BCUT2D eigenvalue weighted by Crippen LogP contribution is 2.29. The average molecular weight is 241 g/mol. The third-order valence-electron chi connectivity index (χ3n) is 3.77. The Kier molecular flexibility index (Phi) is 5.92. The van der Waals surface area contributed by atoms with E-state index in [2.05, 4.69) is 24.2 Å². The van der Waals surface area contributed by atoms with E-state index < -0.39 is 0 Å². The fourth-order valence-corrected chi connectivity index (χ4v) is 2.27. The van der Waals surface area contributed by atoms with Crippen LogP contribution in [0.5, 0.6) is 0 Å². The summed E-state index contributed by atoms with van der Waals surface area (Å²) in [5.74, 6) is -0.188. The van der Waals surface area contributed by atoms with Crippen molar-refractivity contribution in [1.82, 2.24) is 10.2 Å². The predicted octanol–water partition coefficient (Wildman–Crippen LogP) is 0.964. The van der Waals surface area contributed by atoms with E-state index in [-0.39, 0.29) is 5.91 Å². The van der Waals surface area contributed by atoms with Gasteiger partial charge in [0.1, 0.15) is 0 Å². The molecule has 0 unspecified atom stereocenters. The quantitative estimate of drug-likeness (QED) is 0.653. The molecular formula is C13H27N3O. The summed E-state index contributed by atoms with van der Waals surface area (Å²) in [6, 6.07) is 0. The Morgan fingerprint density at radius 2 is 2.00 bits per heavy atom. The Bertz CT molecular complexity index is 235. The second-order valence-electron chi connectivity index (χ2n) is 5.71. The minimum absolute atomic E-state index is 0.188. The number of carbonyl (C=O) groups is 1. The molecule has 0 atom stereocenters. The summed E-state index contributed by atoms with van der Waals surface area (Å²) >= 11 is 0. The van der Waals surface area contributed by atoms with Crippen molar-refractivity contribution < 1.29 is 4.79 Å². The van der Waals surface area contributed by atoms with Gasteiger partial charge in [-0.1, -0.05) is 6.92 Å². The monoisotopic (exact) mass is 241 g/mol. The van der Waals surface area contributed by atoms with Gasteiger partial charge in [-0.3, -0.25) is 4.79 Å². The molecule has 1 saturated heterocycles. The number of carbonyl (C=O) groups excluding carboxylic acids is 1. The minimum atomic E-state index is -0.188. The van der Waals surface area contributed by atoms with Gasteiger partial charge in [0.15, 0.2) is 0 Å². The first-order chi connectivity index (χ1) is 8.02. The highest BCUT2D eigenvalue weighted by Gasteiger charge is 2.27. The maximum atomic E-state index is 10.6. The van der Waals surface area contributed by atoms with Crippen LogP contribution in [-0.2, 0) is 4.79 Å². The summed E-state index contributed by atoms with van der Waals surface area (Å²) in [5.41, 5.74) is 5.55. The second-order valence-corrected chi connectivity index (χ2v) is 5.71. The number of amides is 1. The molecule has 1 amide bonds. The molecule has 100 valence electrons. The van der Waals surface area contributed by atoms with Crippen molar-refractivity contribution in [3.8, 4) is 0 Å². The summed E-state index contributed by atoms with van der Waals surface area (Å²) in [6.45, 7) is 6.88. The first-order valence-corrected chi connectivity index (χ1v) is 6.69. The molecule has 0 radical (unpaired) electrons. The van der Waals surface area contributed by atoms with Crippen molar-refractivity contribution in [2.75, 3.05) is 33.2 Å². The molecule has 1 aliphatic heterocycles. The number of hydrogen-bond acceptors (Lipinski definition) is 3. The summed E-state index contributed by atoms with van der Waals surface area (Å²) in [6.07, 6.45) is 5.01. The van der Waals surface area contributed by atoms with Crippen LogP contribution < -0.4 is 11.1 Å². The lowest BCUT2D eigenvalue weighted by molar-refractivity contribution is -0.118. The largest absolute Gasteiger partial charge is 0.370 e. The molecule has 1 rings (SSSR count). The Balaban J connectivity index is 2.03. The van der Waals surface area contributed by atoms with Crippen molar-refractivity contribution in [2.24, 2.45) is 11.1 Å². The van der Waals surface area contributed by atoms with Crippen LogP contribution in [0, 0.1) is 5.41 Å². The van der Waals surface area contributed by atoms with Crippen LogP contribution in [0.1, 0.15) is 39.0 Å². The molecule has 0 bridgehead atoms. The van der Waals surface area contributed by atoms with E-state index in [1.54, 1.807) is 0 Å². The molecule has 0 spiro atoms. The van der Waals surface area contributed by atoms with Gasteiger partial charge >= 0.3 is 0 Å². The van der Waals surface area contributed by atoms with Gasteiger partial charge in [0.2, 0.25) is 5.91 Å². The van der Waals surface area contributed by atoms with Crippen LogP contribution in [0.3, 0.4) is 0 Å². The van der Waals surface area contributed by atoms with E-state index >= 15 is 0 Å². The van der Waals surface area contributed by atoms with Crippen molar-refractivity contribution in [1.29, 1.82) is 0 Å². The third-order valence-corrected chi connectivity index (χ3v) is 3.77.